The lowest BCUT2D eigenvalue weighted by Gasteiger charge is -2.31. The zero-order valence-electron chi connectivity index (χ0n) is 13.5. The highest BCUT2D eigenvalue weighted by atomic mass is 32.2. The Morgan fingerprint density at radius 3 is 2.68 bits per heavy atom. The molecule has 0 N–H and O–H groups in total. The number of aryl methyl sites for hydroxylation is 1. The zero-order valence-corrected chi connectivity index (χ0v) is 14.3. The summed E-state index contributed by atoms with van der Waals surface area (Å²) in [7, 11) is 0.0802. The van der Waals surface area contributed by atoms with Gasteiger partial charge in [0.1, 0.15) is 0 Å². The largest absolute Gasteiger partial charge is 0.353 e. The molecular formula is C15H25N3O3S. The normalized spacial score (nSPS) is 20.2. The van der Waals surface area contributed by atoms with Crippen molar-refractivity contribution in [2.45, 2.75) is 31.7 Å². The fraction of sp³-hybridized carbons (Fsp3) is 0.667. The van der Waals surface area contributed by atoms with E-state index in [-0.39, 0.29) is 18.5 Å². The topological polar surface area (TPSA) is 62.6 Å². The average Bonchev–Trinajstić information content (AvgIpc) is 2.71. The summed E-state index contributed by atoms with van der Waals surface area (Å²) in [6.45, 7) is 0.589. The van der Waals surface area contributed by atoms with E-state index >= 15 is 0 Å². The second-order valence-corrected chi connectivity index (χ2v) is 8.10. The fourth-order valence-corrected chi connectivity index (χ4v) is 3.28. The number of nitrogens with zero attached hydrogens (tertiary/aromatic N) is 3. The third-order valence-corrected chi connectivity index (χ3v) is 5.58. The van der Waals surface area contributed by atoms with Crippen LogP contribution in [0.2, 0.25) is 0 Å². The third kappa shape index (κ3) is 3.89. The van der Waals surface area contributed by atoms with Crippen molar-refractivity contribution in [3.8, 4) is 0 Å². The first kappa shape index (κ1) is 17.0. The maximum absolute atomic E-state index is 12.6. The van der Waals surface area contributed by atoms with Crippen molar-refractivity contribution in [3.63, 3.8) is 0 Å². The van der Waals surface area contributed by atoms with Crippen LogP contribution in [-0.4, -0.2) is 54.5 Å². The number of likely N-dealkylation sites (N-methyl/N-ethyl adjacent to an activating group) is 1. The lowest BCUT2D eigenvalue weighted by atomic mass is 10.1. The molecule has 2 heterocycles. The molecule has 1 aliphatic rings. The van der Waals surface area contributed by atoms with Gasteiger partial charge < -0.3 is 9.47 Å². The second-order valence-electron chi connectivity index (χ2n) is 6.02. The summed E-state index contributed by atoms with van der Waals surface area (Å²) in [6.07, 6.45) is 7.18. The van der Waals surface area contributed by atoms with Crippen molar-refractivity contribution >= 4 is 15.9 Å². The fourth-order valence-electron chi connectivity index (χ4n) is 2.93. The quantitative estimate of drug-likeness (QED) is 0.839. The van der Waals surface area contributed by atoms with Crippen LogP contribution < -0.4 is 0 Å². The molecule has 1 fully saturated rings. The highest BCUT2D eigenvalue weighted by Crippen LogP contribution is 2.30. The summed E-state index contributed by atoms with van der Waals surface area (Å²) in [4.78, 5) is 14.5. The number of hydrogen-bond acceptors (Lipinski definition) is 3. The third-order valence-electron chi connectivity index (χ3n) is 4.32. The number of carbonyl (C=O) groups is 1. The van der Waals surface area contributed by atoms with Gasteiger partial charge in [0.2, 0.25) is 15.9 Å². The number of hydrogen-bond donors (Lipinski definition) is 0. The van der Waals surface area contributed by atoms with Gasteiger partial charge in [0.25, 0.3) is 0 Å². The number of amides is 1. The highest BCUT2D eigenvalue weighted by molar-refractivity contribution is 7.88. The van der Waals surface area contributed by atoms with Crippen LogP contribution >= 0.6 is 0 Å². The summed E-state index contributed by atoms with van der Waals surface area (Å²) < 4.78 is 26.2. The Hall–Kier alpha value is -1.34. The van der Waals surface area contributed by atoms with Crippen molar-refractivity contribution < 1.29 is 13.2 Å². The molecule has 0 aromatic carbocycles. The molecule has 0 aliphatic carbocycles. The maximum atomic E-state index is 12.6. The van der Waals surface area contributed by atoms with Crippen LogP contribution in [0.25, 0.3) is 0 Å². The molecular weight excluding hydrogens is 302 g/mol. The molecule has 0 saturated carbocycles. The smallest absolute Gasteiger partial charge is 0.238 e. The number of aromatic nitrogens is 1. The lowest BCUT2D eigenvalue weighted by Crippen LogP contribution is -2.42. The van der Waals surface area contributed by atoms with E-state index in [2.05, 4.69) is 0 Å². The summed E-state index contributed by atoms with van der Waals surface area (Å²) in [6, 6.07) is 4.05. The standard InChI is InChI=1S/C15H25N3O3S/c1-16-10-7-9-13(16)14-8-5-4-6-11-18(14)15(19)12-17(2)22(3,20)21/h7,9-10,14H,4-6,8,11-12H2,1-3H3/t14-/m0/s1. The first-order chi connectivity index (χ1) is 10.3. The minimum atomic E-state index is -3.34. The van der Waals surface area contributed by atoms with Gasteiger partial charge in [0, 0.05) is 32.5 Å². The van der Waals surface area contributed by atoms with E-state index in [9.17, 15) is 13.2 Å². The lowest BCUT2D eigenvalue weighted by molar-refractivity contribution is -0.133. The van der Waals surface area contributed by atoms with Gasteiger partial charge in [-0.05, 0) is 25.0 Å². The van der Waals surface area contributed by atoms with Crippen molar-refractivity contribution in [3.05, 3.63) is 24.0 Å². The number of sulfonamides is 1. The van der Waals surface area contributed by atoms with Crippen molar-refractivity contribution in [2.75, 3.05) is 26.4 Å². The van der Waals surface area contributed by atoms with Gasteiger partial charge in [-0.25, -0.2) is 8.42 Å². The van der Waals surface area contributed by atoms with Crippen LogP contribution in [0.4, 0.5) is 0 Å². The maximum Gasteiger partial charge on any atom is 0.238 e. The Labute approximate surface area is 132 Å². The van der Waals surface area contributed by atoms with Crippen LogP contribution in [0, 0.1) is 0 Å². The second kappa shape index (κ2) is 6.83. The van der Waals surface area contributed by atoms with Gasteiger partial charge in [-0.2, -0.15) is 4.31 Å². The Bertz CT molecular complexity index is 624. The predicted octanol–water partition coefficient (Wildman–Crippen LogP) is 1.36. The first-order valence-corrected chi connectivity index (χ1v) is 9.47. The van der Waals surface area contributed by atoms with E-state index in [1.54, 1.807) is 0 Å². The number of likely N-dealkylation sites (tertiary alicyclic amines) is 1. The van der Waals surface area contributed by atoms with Crippen LogP contribution in [0.1, 0.15) is 37.4 Å². The molecule has 22 heavy (non-hydrogen) atoms. The molecule has 0 unspecified atom stereocenters. The van der Waals surface area contributed by atoms with Gasteiger partial charge in [0.15, 0.2) is 0 Å². The molecule has 124 valence electrons. The van der Waals surface area contributed by atoms with Crippen molar-refractivity contribution in [2.24, 2.45) is 7.05 Å². The molecule has 0 bridgehead atoms. The molecule has 0 spiro atoms. The van der Waals surface area contributed by atoms with E-state index < -0.39 is 10.0 Å². The van der Waals surface area contributed by atoms with Gasteiger partial charge in [0.05, 0.1) is 18.8 Å². The minimum Gasteiger partial charge on any atom is -0.353 e. The minimum absolute atomic E-state index is 0.0305. The Morgan fingerprint density at radius 2 is 2.09 bits per heavy atom. The van der Waals surface area contributed by atoms with E-state index in [4.69, 9.17) is 0 Å². The van der Waals surface area contributed by atoms with Gasteiger partial charge in [-0.15, -0.1) is 0 Å². The first-order valence-electron chi connectivity index (χ1n) is 7.62. The Kier molecular flexibility index (Phi) is 5.28. The van der Waals surface area contributed by atoms with Gasteiger partial charge >= 0.3 is 0 Å². The Morgan fingerprint density at radius 1 is 1.36 bits per heavy atom. The molecule has 1 saturated heterocycles. The number of carbonyl (C=O) groups excluding carboxylic acids is 1. The van der Waals surface area contributed by atoms with Gasteiger partial charge in [-0.3, -0.25) is 4.79 Å². The summed E-state index contributed by atoms with van der Waals surface area (Å²) >= 11 is 0. The monoisotopic (exact) mass is 327 g/mol. The molecule has 7 heteroatoms. The molecule has 0 radical (unpaired) electrons. The van der Waals surface area contributed by atoms with Crippen molar-refractivity contribution in [1.29, 1.82) is 0 Å². The van der Waals surface area contributed by atoms with E-state index in [1.807, 2.05) is 34.8 Å². The van der Waals surface area contributed by atoms with Crippen LogP contribution in [-0.2, 0) is 21.9 Å². The van der Waals surface area contributed by atoms with E-state index in [0.29, 0.717) is 6.54 Å². The molecule has 1 aromatic heterocycles. The molecule has 6 nitrogen and oxygen atoms in total. The molecule has 2 rings (SSSR count). The highest BCUT2D eigenvalue weighted by Gasteiger charge is 2.29. The Balaban J connectivity index is 2.20. The van der Waals surface area contributed by atoms with Crippen molar-refractivity contribution in [1.82, 2.24) is 13.8 Å². The molecule has 1 aromatic rings. The van der Waals surface area contributed by atoms with Crippen LogP contribution in [0.3, 0.4) is 0 Å². The zero-order chi connectivity index (χ0) is 16.3. The van der Waals surface area contributed by atoms with Crippen LogP contribution in [0.5, 0.6) is 0 Å². The van der Waals surface area contributed by atoms with E-state index in [0.717, 1.165) is 41.9 Å². The molecule has 1 amide bonds. The molecule has 1 atom stereocenters. The van der Waals surface area contributed by atoms with Crippen LogP contribution in [0.15, 0.2) is 18.3 Å². The average molecular weight is 327 g/mol. The van der Waals surface area contributed by atoms with Gasteiger partial charge in [-0.1, -0.05) is 12.8 Å². The summed E-state index contributed by atoms with van der Waals surface area (Å²) in [5.41, 5.74) is 1.11. The summed E-state index contributed by atoms with van der Waals surface area (Å²) in [5.74, 6) is -0.124. The number of rotatable bonds is 4. The molecule has 1 aliphatic heterocycles. The van der Waals surface area contributed by atoms with E-state index in [1.165, 1.54) is 7.05 Å². The SMILES string of the molecule is CN(CC(=O)N1CCCCC[C@H]1c1cccn1C)S(C)(=O)=O. The summed E-state index contributed by atoms with van der Waals surface area (Å²) in [5, 5.41) is 0. The predicted molar refractivity (Wildman–Crippen MR) is 85.8 cm³/mol.